The van der Waals surface area contributed by atoms with Gasteiger partial charge in [0, 0.05) is 26.2 Å². The van der Waals surface area contributed by atoms with Crippen LogP contribution in [0.15, 0.2) is 60.8 Å². The Morgan fingerprint density at radius 1 is 0.921 bits per heavy atom. The van der Waals surface area contributed by atoms with Gasteiger partial charge in [-0.1, -0.05) is 24.3 Å². The van der Waals surface area contributed by atoms with Crippen molar-refractivity contribution in [2.45, 2.75) is 13.0 Å². The molecular weight excluding hydrogens is 476 g/mol. The lowest BCUT2D eigenvalue weighted by Crippen LogP contribution is -2.44. The van der Waals surface area contributed by atoms with Crippen LogP contribution in [0.3, 0.4) is 0 Å². The maximum Gasteiger partial charge on any atom is 0.161 e. The Labute approximate surface area is 222 Å². The summed E-state index contributed by atoms with van der Waals surface area (Å²) in [6, 6.07) is 21.5. The standard InChI is InChI=1S/C30H28N6O2/c1-35-10-12-36(13-11-35)29-19-33-26-8-7-24(25(18-32)30(26)34-29)15-21-6-9-27(28(16-21)37-2)38-20-23-5-3-4-22(14-23)17-31/h3-9,14,16,19H,10-13,15,20H2,1-2H3. The van der Waals surface area contributed by atoms with Crippen molar-refractivity contribution in [3.8, 4) is 23.6 Å². The molecule has 1 fully saturated rings. The number of aromatic nitrogens is 2. The number of nitriles is 2. The first kappa shape index (κ1) is 25.0. The molecule has 0 unspecified atom stereocenters. The van der Waals surface area contributed by atoms with Crippen LogP contribution in [0.2, 0.25) is 0 Å². The van der Waals surface area contributed by atoms with E-state index >= 15 is 0 Å². The van der Waals surface area contributed by atoms with Gasteiger partial charge in [-0.2, -0.15) is 10.5 Å². The molecule has 8 heteroatoms. The number of anilines is 1. The first-order valence-corrected chi connectivity index (χ1v) is 12.5. The van der Waals surface area contributed by atoms with Crippen LogP contribution in [0.4, 0.5) is 5.82 Å². The molecule has 190 valence electrons. The smallest absolute Gasteiger partial charge is 0.161 e. The highest BCUT2D eigenvalue weighted by Gasteiger charge is 2.18. The molecule has 1 saturated heterocycles. The predicted molar refractivity (Wildman–Crippen MR) is 145 cm³/mol. The molecule has 1 aliphatic rings. The number of ether oxygens (including phenoxy) is 2. The van der Waals surface area contributed by atoms with E-state index in [2.05, 4.69) is 34.0 Å². The van der Waals surface area contributed by atoms with E-state index in [-0.39, 0.29) is 0 Å². The molecule has 0 bridgehead atoms. The summed E-state index contributed by atoms with van der Waals surface area (Å²) in [6.45, 7) is 4.03. The van der Waals surface area contributed by atoms with Gasteiger partial charge in [-0.3, -0.25) is 4.98 Å². The summed E-state index contributed by atoms with van der Waals surface area (Å²) in [5.74, 6) is 2.03. The Bertz CT molecular complexity index is 1550. The number of methoxy groups -OCH3 is 1. The molecule has 1 aromatic heterocycles. The van der Waals surface area contributed by atoms with E-state index in [1.54, 1.807) is 19.4 Å². The lowest BCUT2D eigenvalue weighted by atomic mass is 9.98. The molecule has 3 aromatic carbocycles. The van der Waals surface area contributed by atoms with Crippen LogP contribution in [0, 0.1) is 22.7 Å². The largest absolute Gasteiger partial charge is 0.493 e. The van der Waals surface area contributed by atoms with Gasteiger partial charge in [0.25, 0.3) is 0 Å². The monoisotopic (exact) mass is 504 g/mol. The molecule has 0 amide bonds. The van der Waals surface area contributed by atoms with E-state index in [1.165, 1.54) is 0 Å². The third-order valence-electron chi connectivity index (χ3n) is 6.80. The average Bonchev–Trinajstić information content (AvgIpc) is 2.96. The van der Waals surface area contributed by atoms with Gasteiger partial charge in [-0.15, -0.1) is 0 Å². The zero-order valence-corrected chi connectivity index (χ0v) is 21.5. The van der Waals surface area contributed by atoms with Gasteiger partial charge in [0.2, 0.25) is 0 Å². The lowest BCUT2D eigenvalue weighted by Gasteiger charge is -2.33. The van der Waals surface area contributed by atoms with Crippen molar-refractivity contribution < 1.29 is 9.47 Å². The van der Waals surface area contributed by atoms with Crippen molar-refractivity contribution in [2.24, 2.45) is 0 Å². The van der Waals surface area contributed by atoms with Crippen LogP contribution in [0.5, 0.6) is 11.5 Å². The van der Waals surface area contributed by atoms with E-state index in [4.69, 9.17) is 19.7 Å². The average molecular weight is 505 g/mol. The minimum Gasteiger partial charge on any atom is -0.493 e. The molecule has 0 aliphatic carbocycles. The van der Waals surface area contributed by atoms with E-state index in [1.807, 2.05) is 48.5 Å². The Balaban J connectivity index is 1.38. The molecular formula is C30H28N6O2. The van der Waals surface area contributed by atoms with Crippen LogP contribution in [0.1, 0.15) is 27.8 Å². The first-order chi connectivity index (χ1) is 18.6. The van der Waals surface area contributed by atoms with Crippen LogP contribution < -0.4 is 14.4 Å². The number of likely N-dealkylation sites (N-methyl/N-ethyl adjacent to an activating group) is 1. The Morgan fingerprint density at radius 2 is 1.76 bits per heavy atom. The Kier molecular flexibility index (Phi) is 7.35. The Hall–Kier alpha value is -4.66. The fourth-order valence-electron chi connectivity index (χ4n) is 4.62. The third-order valence-corrected chi connectivity index (χ3v) is 6.80. The van der Waals surface area contributed by atoms with E-state index in [0.717, 1.165) is 48.7 Å². The number of hydrogen-bond acceptors (Lipinski definition) is 8. The highest BCUT2D eigenvalue weighted by Crippen LogP contribution is 2.31. The van der Waals surface area contributed by atoms with Gasteiger partial charge < -0.3 is 19.3 Å². The number of benzene rings is 3. The second kappa shape index (κ2) is 11.2. The topological polar surface area (TPSA) is 98.3 Å². The molecule has 0 atom stereocenters. The second-order valence-electron chi connectivity index (χ2n) is 9.36. The summed E-state index contributed by atoms with van der Waals surface area (Å²) < 4.78 is 11.6. The van der Waals surface area contributed by atoms with Crippen LogP contribution in [0.25, 0.3) is 11.0 Å². The van der Waals surface area contributed by atoms with Crippen LogP contribution in [-0.2, 0) is 13.0 Å². The molecule has 5 rings (SSSR count). The van der Waals surface area contributed by atoms with Gasteiger partial charge in [0.05, 0.1) is 36.0 Å². The molecule has 38 heavy (non-hydrogen) atoms. The SMILES string of the molecule is COc1cc(Cc2ccc3ncc(N4CCN(C)CC4)nc3c2C#N)ccc1OCc1cccc(C#N)c1. The van der Waals surface area contributed by atoms with Gasteiger partial charge in [-0.25, -0.2) is 4.98 Å². The van der Waals surface area contributed by atoms with E-state index < -0.39 is 0 Å². The van der Waals surface area contributed by atoms with Gasteiger partial charge in [-0.05, 0) is 60.5 Å². The number of hydrogen-bond donors (Lipinski definition) is 0. The first-order valence-electron chi connectivity index (χ1n) is 12.5. The predicted octanol–water partition coefficient (Wildman–Crippen LogP) is 4.30. The molecule has 0 N–H and O–H groups in total. The lowest BCUT2D eigenvalue weighted by molar-refractivity contribution is 0.284. The van der Waals surface area contributed by atoms with Crippen molar-refractivity contribution in [1.29, 1.82) is 10.5 Å². The zero-order valence-electron chi connectivity index (χ0n) is 21.5. The summed E-state index contributed by atoms with van der Waals surface area (Å²) >= 11 is 0. The van der Waals surface area contributed by atoms with E-state index in [0.29, 0.717) is 46.7 Å². The fourth-order valence-corrected chi connectivity index (χ4v) is 4.62. The summed E-state index contributed by atoms with van der Waals surface area (Å²) in [7, 11) is 3.72. The summed E-state index contributed by atoms with van der Waals surface area (Å²) in [5, 5.41) is 19.2. The maximum absolute atomic E-state index is 10.1. The van der Waals surface area contributed by atoms with Crippen molar-refractivity contribution >= 4 is 16.9 Å². The second-order valence-corrected chi connectivity index (χ2v) is 9.36. The fraction of sp³-hybridized carbons (Fsp3) is 0.267. The molecule has 1 aliphatic heterocycles. The Morgan fingerprint density at radius 3 is 2.53 bits per heavy atom. The number of fused-ring (bicyclic) bond motifs is 1. The summed E-state index contributed by atoms with van der Waals surface area (Å²) in [4.78, 5) is 14.0. The highest BCUT2D eigenvalue weighted by molar-refractivity contribution is 5.83. The van der Waals surface area contributed by atoms with Gasteiger partial charge in [0.15, 0.2) is 11.5 Å². The van der Waals surface area contributed by atoms with Gasteiger partial charge >= 0.3 is 0 Å². The third kappa shape index (κ3) is 5.36. The quantitative estimate of drug-likeness (QED) is 0.367. The van der Waals surface area contributed by atoms with Crippen molar-refractivity contribution in [1.82, 2.24) is 14.9 Å². The normalized spacial score (nSPS) is 13.6. The molecule has 4 aromatic rings. The van der Waals surface area contributed by atoms with Crippen LogP contribution >= 0.6 is 0 Å². The molecule has 0 spiro atoms. The number of nitrogens with zero attached hydrogens (tertiary/aromatic N) is 6. The molecule has 0 radical (unpaired) electrons. The molecule has 0 saturated carbocycles. The summed E-state index contributed by atoms with van der Waals surface area (Å²) in [6.07, 6.45) is 2.34. The minimum atomic E-state index is 0.322. The minimum absolute atomic E-state index is 0.322. The summed E-state index contributed by atoms with van der Waals surface area (Å²) in [5.41, 5.74) is 5.26. The molecule has 2 heterocycles. The van der Waals surface area contributed by atoms with Crippen molar-refractivity contribution in [3.05, 3.63) is 88.6 Å². The van der Waals surface area contributed by atoms with Crippen molar-refractivity contribution in [2.75, 3.05) is 45.2 Å². The van der Waals surface area contributed by atoms with Crippen molar-refractivity contribution in [3.63, 3.8) is 0 Å². The van der Waals surface area contributed by atoms with Crippen LogP contribution in [-0.4, -0.2) is 55.2 Å². The zero-order chi connectivity index (χ0) is 26.5. The van der Waals surface area contributed by atoms with Gasteiger partial charge in [0.1, 0.15) is 24.0 Å². The maximum atomic E-state index is 10.1. The molecule has 8 nitrogen and oxygen atoms in total. The van der Waals surface area contributed by atoms with E-state index in [9.17, 15) is 5.26 Å². The number of rotatable bonds is 7. The highest BCUT2D eigenvalue weighted by atomic mass is 16.5. The number of piperazine rings is 1.